The van der Waals surface area contributed by atoms with Crippen LogP contribution in [0, 0.1) is 0 Å². The molecular formula is C13H12BrN3O2S. The lowest BCUT2D eigenvalue weighted by atomic mass is 10.1. The number of nitrogens with zero attached hydrogens (tertiary/aromatic N) is 3. The van der Waals surface area contributed by atoms with Crippen LogP contribution in [-0.2, 0) is 23.0 Å². The van der Waals surface area contributed by atoms with Gasteiger partial charge in [0.15, 0.2) is 0 Å². The van der Waals surface area contributed by atoms with Crippen molar-refractivity contribution in [3.05, 3.63) is 52.5 Å². The molecule has 20 heavy (non-hydrogen) atoms. The molecular weight excluding hydrogens is 342 g/mol. The normalized spacial score (nSPS) is 15.8. The minimum absolute atomic E-state index is 0.292. The van der Waals surface area contributed by atoms with Crippen LogP contribution in [0.3, 0.4) is 0 Å². The molecule has 1 aliphatic heterocycles. The van der Waals surface area contributed by atoms with E-state index in [4.69, 9.17) is 0 Å². The van der Waals surface area contributed by atoms with Crippen molar-refractivity contribution in [3.63, 3.8) is 0 Å². The first-order valence-electron chi connectivity index (χ1n) is 6.11. The molecule has 0 radical (unpaired) electrons. The maximum Gasteiger partial charge on any atom is 0.244 e. The SMILES string of the molecule is O=S(=O)(c1ccccc1Br)N1CCc2ncncc2C1. The summed E-state index contributed by atoms with van der Waals surface area (Å²) in [4.78, 5) is 8.44. The van der Waals surface area contributed by atoms with Crippen LogP contribution in [0.15, 0.2) is 46.2 Å². The first-order chi connectivity index (χ1) is 9.59. The van der Waals surface area contributed by atoms with E-state index in [1.165, 1.54) is 10.6 Å². The highest BCUT2D eigenvalue weighted by atomic mass is 79.9. The van der Waals surface area contributed by atoms with E-state index in [-0.39, 0.29) is 0 Å². The zero-order chi connectivity index (χ0) is 14.2. The summed E-state index contributed by atoms with van der Waals surface area (Å²) in [6.07, 6.45) is 3.79. The average Bonchev–Trinajstić information content (AvgIpc) is 2.47. The first-order valence-corrected chi connectivity index (χ1v) is 8.35. The van der Waals surface area contributed by atoms with Crippen LogP contribution in [0.25, 0.3) is 0 Å². The summed E-state index contributed by atoms with van der Waals surface area (Å²) in [7, 11) is -3.50. The summed E-state index contributed by atoms with van der Waals surface area (Å²) >= 11 is 3.30. The van der Waals surface area contributed by atoms with Gasteiger partial charge in [0.2, 0.25) is 10.0 Å². The summed E-state index contributed by atoms with van der Waals surface area (Å²) in [5, 5.41) is 0. The van der Waals surface area contributed by atoms with Gasteiger partial charge in [-0.2, -0.15) is 4.31 Å². The van der Waals surface area contributed by atoms with Crippen molar-refractivity contribution >= 4 is 26.0 Å². The maximum atomic E-state index is 12.7. The number of fused-ring (bicyclic) bond motifs is 1. The highest BCUT2D eigenvalue weighted by molar-refractivity contribution is 9.10. The van der Waals surface area contributed by atoms with Gasteiger partial charge in [-0.05, 0) is 28.1 Å². The smallest absolute Gasteiger partial charge is 0.244 e. The number of hydrogen-bond acceptors (Lipinski definition) is 4. The number of halogens is 1. The molecule has 0 N–H and O–H groups in total. The van der Waals surface area contributed by atoms with Crippen molar-refractivity contribution in [2.75, 3.05) is 6.54 Å². The Kier molecular flexibility index (Phi) is 3.57. The van der Waals surface area contributed by atoms with Crippen molar-refractivity contribution < 1.29 is 8.42 Å². The van der Waals surface area contributed by atoms with E-state index in [0.717, 1.165) is 11.3 Å². The minimum atomic E-state index is -3.50. The number of hydrogen-bond donors (Lipinski definition) is 0. The molecule has 0 bridgehead atoms. The zero-order valence-corrected chi connectivity index (χ0v) is 12.9. The number of rotatable bonds is 2. The van der Waals surface area contributed by atoms with Crippen LogP contribution in [0.5, 0.6) is 0 Å². The van der Waals surface area contributed by atoms with Crippen LogP contribution in [-0.4, -0.2) is 29.2 Å². The van der Waals surface area contributed by atoms with Crippen molar-refractivity contribution in [1.29, 1.82) is 0 Å². The van der Waals surface area contributed by atoms with Crippen molar-refractivity contribution in [2.24, 2.45) is 0 Å². The lowest BCUT2D eigenvalue weighted by Crippen LogP contribution is -2.36. The predicted molar refractivity (Wildman–Crippen MR) is 77.5 cm³/mol. The lowest BCUT2D eigenvalue weighted by molar-refractivity contribution is 0.386. The molecule has 0 aliphatic carbocycles. The molecule has 1 aromatic carbocycles. The summed E-state index contributed by atoms with van der Waals surface area (Å²) in [5.74, 6) is 0. The molecule has 1 aromatic heterocycles. The third-order valence-electron chi connectivity index (χ3n) is 3.28. The van der Waals surface area contributed by atoms with Gasteiger partial charge in [-0.3, -0.25) is 0 Å². The lowest BCUT2D eigenvalue weighted by Gasteiger charge is -2.27. The Balaban J connectivity index is 1.97. The fourth-order valence-electron chi connectivity index (χ4n) is 2.24. The minimum Gasteiger partial charge on any atom is -0.244 e. The Hall–Kier alpha value is -1.31. The van der Waals surface area contributed by atoms with E-state index in [1.807, 2.05) is 0 Å². The van der Waals surface area contributed by atoms with E-state index in [1.54, 1.807) is 30.5 Å². The van der Waals surface area contributed by atoms with E-state index in [2.05, 4.69) is 25.9 Å². The average molecular weight is 354 g/mol. The second-order valence-electron chi connectivity index (χ2n) is 4.51. The van der Waals surface area contributed by atoms with Crippen molar-refractivity contribution in [3.8, 4) is 0 Å². The van der Waals surface area contributed by atoms with E-state index in [9.17, 15) is 8.42 Å². The van der Waals surface area contributed by atoms with Gasteiger partial charge >= 0.3 is 0 Å². The van der Waals surface area contributed by atoms with Gasteiger partial charge in [0.25, 0.3) is 0 Å². The van der Waals surface area contributed by atoms with Gasteiger partial charge < -0.3 is 0 Å². The summed E-state index contributed by atoms with van der Waals surface area (Å²) in [6, 6.07) is 6.85. The standard InChI is InChI=1S/C13H12BrN3O2S/c14-11-3-1-2-4-13(11)20(18,19)17-6-5-12-10(8-17)7-15-9-16-12/h1-4,7,9H,5-6,8H2. The second kappa shape index (κ2) is 5.23. The molecule has 7 heteroatoms. The molecule has 0 saturated carbocycles. The molecule has 3 rings (SSSR count). The first kappa shape index (κ1) is 13.7. The topological polar surface area (TPSA) is 63.2 Å². The molecule has 0 atom stereocenters. The van der Waals surface area contributed by atoms with Gasteiger partial charge in [0, 0.05) is 41.4 Å². The molecule has 0 spiro atoms. The van der Waals surface area contributed by atoms with Crippen LogP contribution in [0.4, 0.5) is 0 Å². The number of benzene rings is 1. The maximum absolute atomic E-state index is 12.7. The molecule has 2 aromatic rings. The third kappa shape index (κ3) is 2.36. The molecule has 0 fully saturated rings. The third-order valence-corrected chi connectivity index (χ3v) is 6.14. The molecule has 2 heterocycles. The quantitative estimate of drug-likeness (QED) is 0.828. The van der Waals surface area contributed by atoms with Gasteiger partial charge in [-0.15, -0.1) is 0 Å². The highest BCUT2D eigenvalue weighted by Gasteiger charge is 2.30. The Morgan fingerprint density at radius 1 is 1.25 bits per heavy atom. The van der Waals surface area contributed by atoms with Crippen LogP contribution < -0.4 is 0 Å². The molecule has 1 aliphatic rings. The number of sulfonamides is 1. The van der Waals surface area contributed by atoms with Gasteiger partial charge in [0.05, 0.1) is 4.90 Å². The molecule has 0 unspecified atom stereocenters. The van der Waals surface area contributed by atoms with E-state index >= 15 is 0 Å². The summed E-state index contributed by atoms with van der Waals surface area (Å²) in [6.45, 7) is 0.757. The van der Waals surface area contributed by atoms with Gasteiger partial charge in [-0.1, -0.05) is 12.1 Å². The van der Waals surface area contributed by atoms with E-state index in [0.29, 0.717) is 28.9 Å². The predicted octanol–water partition coefficient (Wildman–Crippen LogP) is 1.99. The van der Waals surface area contributed by atoms with Crippen LogP contribution in [0.2, 0.25) is 0 Å². The van der Waals surface area contributed by atoms with Gasteiger partial charge in [0.1, 0.15) is 6.33 Å². The Labute approximate surface area is 125 Å². The van der Waals surface area contributed by atoms with Crippen molar-refractivity contribution in [1.82, 2.24) is 14.3 Å². The zero-order valence-electron chi connectivity index (χ0n) is 10.5. The molecule has 5 nitrogen and oxygen atoms in total. The Morgan fingerprint density at radius 2 is 2.05 bits per heavy atom. The van der Waals surface area contributed by atoms with Crippen LogP contribution in [0.1, 0.15) is 11.3 Å². The van der Waals surface area contributed by atoms with Crippen LogP contribution >= 0.6 is 15.9 Å². The van der Waals surface area contributed by atoms with Crippen molar-refractivity contribution in [2.45, 2.75) is 17.9 Å². The molecule has 0 saturated heterocycles. The Morgan fingerprint density at radius 3 is 2.85 bits per heavy atom. The second-order valence-corrected chi connectivity index (χ2v) is 7.27. The molecule has 0 amide bonds. The molecule has 104 valence electrons. The fourth-order valence-corrected chi connectivity index (χ4v) is 4.62. The monoisotopic (exact) mass is 353 g/mol. The summed E-state index contributed by atoms with van der Waals surface area (Å²) < 4.78 is 27.4. The van der Waals surface area contributed by atoms with E-state index < -0.39 is 10.0 Å². The van der Waals surface area contributed by atoms with Gasteiger partial charge in [-0.25, -0.2) is 18.4 Å². The number of aromatic nitrogens is 2. The fraction of sp³-hybridized carbons (Fsp3) is 0.231. The Bertz CT molecular complexity index is 749. The largest absolute Gasteiger partial charge is 0.244 e. The highest BCUT2D eigenvalue weighted by Crippen LogP contribution is 2.28. The summed E-state index contributed by atoms with van der Waals surface area (Å²) in [5.41, 5.74) is 1.80.